The van der Waals surface area contributed by atoms with Crippen molar-refractivity contribution >= 4 is 33.1 Å². The molecule has 0 aromatic heterocycles. The van der Waals surface area contributed by atoms with Crippen LogP contribution in [0.5, 0.6) is 0 Å². The average molecular weight is 110 g/mol. The highest BCUT2D eigenvalue weighted by molar-refractivity contribution is 8.45. The van der Waals surface area contributed by atoms with E-state index in [-0.39, 0.29) is 0 Å². The zero-order valence-electron chi connectivity index (χ0n) is 2.10. The van der Waals surface area contributed by atoms with Gasteiger partial charge in [0.25, 0.3) is 0 Å². The number of hydrogen-bond donors (Lipinski definition) is 1. The van der Waals surface area contributed by atoms with Gasteiger partial charge >= 0.3 is 0 Å². The fourth-order valence-corrected chi connectivity index (χ4v) is 0. The molecular weight excluding hydrogens is 106 g/mol. The molecule has 4 heavy (non-hydrogen) atoms. The van der Waals surface area contributed by atoms with Gasteiger partial charge in [0.05, 0.1) is 0 Å². The van der Waals surface area contributed by atoms with Gasteiger partial charge in [0.15, 0.2) is 0 Å². The molecule has 0 N–H and O–H groups in total. The van der Waals surface area contributed by atoms with E-state index in [2.05, 4.69) is 18.5 Å². The second kappa shape index (κ2) is 3.82. The second-order valence-electron chi connectivity index (χ2n) is 0.258. The Labute approximate surface area is 33.8 Å². The molecule has 3 heteroatoms. The van der Waals surface area contributed by atoms with Crippen LogP contribution in [0.1, 0.15) is 0 Å². The standard InChI is InChI=1S/CH4P2S/c1-2-3-4/h2,4H,1H2. The quantitative estimate of drug-likeness (QED) is 0.356. The summed E-state index contributed by atoms with van der Waals surface area (Å²) >= 11 is 3.84. The van der Waals surface area contributed by atoms with Crippen molar-refractivity contribution in [2.24, 2.45) is 0 Å². The van der Waals surface area contributed by atoms with E-state index >= 15 is 0 Å². The molecule has 0 nitrogen and oxygen atoms in total. The largest absolute Gasteiger partial charge is 0.115 e. The highest BCUT2D eigenvalue weighted by Crippen LogP contribution is 2.07. The summed E-state index contributed by atoms with van der Waals surface area (Å²) in [5.74, 6) is 0. The van der Waals surface area contributed by atoms with Gasteiger partial charge in [-0.25, -0.2) is 0 Å². The van der Waals surface area contributed by atoms with Gasteiger partial charge in [0, 0.05) is 0 Å². The summed E-state index contributed by atoms with van der Waals surface area (Å²) in [5, 5.41) is 0. The molecular formula is CH4P2S. The number of hydrogen-bond acceptors (Lipinski definition) is 0. The minimum Gasteiger partial charge on any atom is -0.115 e. The van der Waals surface area contributed by atoms with Gasteiger partial charge in [0.2, 0.25) is 0 Å². The van der Waals surface area contributed by atoms with Crippen molar-refractivity contribution in [1.82, 2.24) is 0 Å². The molecule has 1 atom stereocenters. The maximum atomic E-state index is 3.84. The van der Waals surface area contributed by atoms with Crippen molar-refractivity contribution in [3.05, 3.63) is 0 Å². The molecule has 0 fully saturated rings. The summed E-state index contributed by atoms with van der Waals surface area (Å²) in [7, 11) is 1.84. The van der Waals surface area contributed by atoms with Gasteiger partial charge in [-0.1, -0.05) is 6.30 Å². The predicted molar refractivity (Wildman–Crippen MR) is 31.3 cm³/mol. The van der Waals surface area contributed by atoms with Gasteiger partial charge in [-0.2, -0.15) is 0 Å². The van der Waals surface area contributed by atoms with Crippen molar-refractivity contribution in [3.63, 3.8) is 0 Å². The Bertz CT molecular complexity index is 44.0. The van der Waals surface area contributed by atoms with E-state index in [1.807, 2.05) is 0 Å². The second-order valence-corrected chi connectivity index (χ2v) is 4.12. The molecule has 24 valence electrons. The zero-order valence-corrected chi connectivity index (χ0v) is 4.89. The minimum absolute atomic E-state index is 0.727. The summed E-state index contributed by atoms with van der Waals surface area (Å²) in [6.07, 6.45) is 3.54. The molecule has 0 aliphatic heterocycles. The number of thiol groups is 1. The van der Waals surface area contributed by atoms with Crippen LogP contribution >= 0.6 is 26.8 Å². The molecule has 1 unspecified atom stereocenters. The van der Waals surface area contributed by atoms with Crippen LogP contribution in [0.15, 0.2) is 0 Å². The van der Waals surface area contributed by atoms with Crippen LogP contribution in [-0.2, 0) is 0 Å². The van der Waals surface area contributed by atoms with Crippen molar-refractivity contribution in [2.75, 3.05) is 0 Å². The molecule has 0 spiro atoms. The Hall–Kier alpha value is 0.820. The van der Waals surface area contributed by atoms with E-state index < -0.39 is 0 Å². The summed E-state index contributed by atoms with van der Waals surface area (Å²) in [5.41, 5.74) is 0. The SMILES string of the molecule is C=[PH]=PS. The first-order valence-corrected chi connectivity index (χ1v) is 4.87. The van der Waals surface area contributed by atoms with Gasteiger partial charge in [0.1, 0.15) is 0 Å². The van der Waals surface area contributed by atoms with E-state index in [0.29, 0.717) is 0 Å². The Morgan fingerprint density at radius 1 is 2.00 bits per heavy atom. The van der Waals surface area contributed by atoms with Crippen LogP contribution in [0.3, 0.4) is 0 Å². The first kappa shape index (κ1) is 4.82. The predicted octanol–water partition coefficient (Wildman–Crippen LogP) is 1.80. The third-order valence-corrected chi connectivity index (χ3v) is 1.91. The Balaban J connectivity index is 3.11. The van der Waals surface area contributed by atoms with E-state index in [4.69, 9.17) is 0 Å². The minimum atomic E-state index is 0.727. The van der Waals surface area contributed by atoms with Crippen LogP contribution in [0.25, 0.3) is 0 Å². The van der Waals surface area contributed by atoms with Crippen molar-refractivity contribution in [2.45, 2.75) is 0 Å². The molecule has 0 aromatic rings. The van der Waals surface area contributed by atoms with E-state index in [9.17, 15) is 0 Å². The maximum Gasteiger partial charge on any atom is -0.0190 e. The molecule has 0 saturated carbocycles. The summed E-state index contributed by atoms with van der Waals surface area (Å²) < 4.78 is 0. The van der Waals surface area contributed by atoms with Crippen LogP contribution in [0, 0.1) is 0 Å². The lowest BCUT2D eigenvalue weighted by Crippen LogP contribution is -0.751. The van der Waals surface area contributed by atoms with E-state index in [0.717, 1.165) is 14.6 Å². The summed E-state index contributed by atoms with van der Waals surface area (Å²) in [4.78, 5) is 0. The molecule has 0 aromatic carbocycles. The van der Waals surface area contributed by atoms with Gasteiger partial charge in [-0.05, 0) is 7.07 Å². The topological polar surface area (TPSA) is 0 Å². The van der Waals surface area contributed by atoms with Crippen molar-refractivity contribution in [3.8, 4) is 0 Å². The lowest BCUT2D eigenvalue weighted by atomic mass is 12.0. The molecule has 0 aliphatic rings. The summed E-state index contributed by atoms with van der Waals surface area (Å²) in [6, 6.07) is 0. The average Bonchev–Trinajstić information content (AvgIpc) is 1.37. The highest BCUT2D eigenvalue weighted by Gasteiger charge is 1.24. The van der Waals surface area contributed by atoms with Crippen molar-refractivity contribution < 1.29 is 0 Å². The van der Waals surface area contributed by atoms with Crippen LogP contribution in [0.2, 0.25) is 0 Å². The molecule has 0 heterocycles. The molecule has 0 bridgehead atoms. The van der Waals surface area contributed by atoms with Crippen molar-refractivity contribution in [1.29, 1.82) is 0 Å². The van der Waals surface area contributed by atoms with Crippen LogP contribution in [0.4, 0.5) is 0 Å². The van der Waals surface area contributed by atoms with E-state index in [1.54, 1.807) is 0 Å². The van der Waals surface area contributed by atoms with Gasteiger partial charge < -0.3 is 0 Å². The molecule has 0 radical (unpaired) electrons. The molecule has 0 saturated heterocycles. The molecule has 0 aliphatic carbocycles. The fraction of sp³-hybridized carbons (Fsp3) is 0. The third kappa shape index (κ3) is 2.82. The normalized spacial score (nSPS) is 9.25. The summed E-state index contributed by atoms with van der Waals surface area (Å²) in [6.45, 7) is 0. The van der Waals surface area contributed by atoms with Gasteiger partial charge in [-0.15, -0.1) is 19.7 Å². The van der Waals surface area contributed by atoms with Gasteiger partial charge in [-0.3, -0.25) is 0 Å². The zero-order chi connectivity index (χ0) is 3.41. The monoisotopic (exact) mass is 110 g/mol. The van der Waals surface area contributed by atoms with Crippen LogP contribution < -0.4 is 0 Å². The highest BCUT2D eigenvalue weighted by atomic mass is 32.7. The van der Waals surface area contributed by atoms with Crippen LogP contribution in [-0.4, -0.2) is 6.30 Å². The Morgan fingerprint density at radius 2 is 2.25 bits per heavy atom. The van der Waals surface area contributed by atoms with E-state index in [1.165, 1.54) is 0 Å². The third-order valence-electron chi connectivity index (χ3n) is 0.0707. The molecule has 0 rings (SSSR count). The first-order chi connectivity index (χ1) is 1.91. The first-order valence-electron chi connectivity index (χ1n) is 0.777. The lowest BCUT2D eigenvalue weighted by molar-refractivity contribution is 4.74. The number of rotatable bonds is 0. The Kier molecular flexibility index (Phi) is 4.60. The fourth-order valence-electron chi connectivity index (χ4n) is 0. The molecule has 0 amide bonds. The Morgan fingerprint density at radius 3 is 2.25 bits per heavy atom. The maximum absolute atomic E-state index is 3.84. The lowest BCUT2D eigenvalue weighted by Gasteiger charge is -1.38. The smallest absolute Gasteiger partial charge is 0.0190 e.